The normalized spacial score (nSPS) is 19.6. The Morgan fingerprint density at radius 2 is 2.05 bits per heavy atom. The first-order valence-electron chi connectivity index (χ1n) is 6.08. The molecule has 0 bridgehead atoms. The Hall–Kier alpha value is -2.32. The van der Waals surface area contributed by atoms with Crippen molar-refractivity contribution in [2.45, 2.75) is 31.3 Å². The number of nitrogens with one attached hydrogen (secondary N) is 2. The fourth-order valence-corrected chi connectivity index (χ4v) is 1.84. The molecule has 4 N–H and O–H groups in total. The minimum Gasteiger partial charge on any atom is -0.481 e. The first kappa shape index (κ1) is 15.7. The third-order valence-corrected chi connectivity index (χ3v) is 2.98. The van der Waals surface area contributed by atoms with E-state index in [4.69, 9.17) is 10.2 Å². The summed E-state index contributed by atoms with van der Waals surface area (Å²) in [5.41, 5.74) is 0. The van der Waals surface area contributed by atoms with Crippen LogP contribution in [0.1, 0.15) is 19.3 Å². The summed E-state index contributed by atoms with van der Waals surface area (Å²) in [6, 6.07) is -2.77. The maximum absolute atomic E-state index is 11.6. The van der Waals surface area contributed by atoms with E-state index < -0.39 is 30.1 Å². The molecule has 20 heavy (non-hydrogen) atoms. The van der Waals surface area contributed by atoms with Crippen molar-refractivity contribution in [1.82, 2.24) is 15.5 Å². The van der Waals surface area contributed by atoms with Gasteiger partial charge in [0.25, 0.3) is 0 Å². The van der Waals surface area contributed by atoms with Crippen molar-refractivity contribution in [1.29, 1.82) is 0 Å². The average molecular weight is 287 g/mol. The van der Waals surface area contributed by atoms with Crippen LogP contribution in [0.25, 0.3) is 0 Å². The number of amides is 3. The Morgan fingerprint density at radius 1 is 1.40 bits per heavy atom. The van der Waals surface area contributed by atoms with Gasteiger partial charge in [-0.2, -0.15) is 0 Å². The lowest BCUT2D eigenvalue weighted by Gasteiger charge is -2.17. The predicted molar refractivity (Wildman–Crippen MR) is 66.0 cm³/mol. The Morgan fingerprint density at radius 3 is 2.50 bits per heavy atom. The van der Waals surface area contributed by atoms with Crippen LogP contribution in [-0.2, 0) is 14.4 Å². The van der Waals surface area contributed by atoms with E-state index in [1.165, 1.54) is 4.90 Å². The Balaban J connectivity index is 2.48. The molecule has 1 aliphatic rings. The summed E-state index contributed by atoms with van der Waals surface area (Å²) in [5, 5.41) is 21.9. The first-order chi connectivity index (χ1) is 9.31. The number of nitrogens with zero attached hydrogens (tertiary/aromatic N) is 1. The zero-order chi connectivity index (χ0) is 15.3. The quantitative estimate of drug-likeness (QED) is 0.486. The summed E-state index contributed by atoms with van der Waals surface area (Å²) in [5.74, 6) is -2.71. The van der Waals surface area contributed by atoms with Crippen molar-refractivity contribution in [2.75, 3.05) is 13.6 Å². The van der Waals surface area contributed by atoms with E-state index in [1.807, 2.05) is 0 Å². The van der Waals surface area contributed by atoms with E-state index in [2.05, 4.69) is 10.6 Å². The molecule has 1 heterocycles. The molecule has 0 aromatic heterocycles. The van der Waals surface area contributed by atoms with E-state index in [0.29, 0.717) is 13.0 Å². The third kappa shape index (κ3) is 4.41. The summed E-state index contributed by atoms with van der Waals surface area (Å²) in [4.78, 5) is 45.9. The van der Waals surface area contributed by atoms with Crippen LogP contribution < -0.4 is 10.6 Å². The van der Waals surface area contributed by atoms with Crippen molar-refractivity contribution in [2.24, 2.45) is 0 Å². The van der Waals surface area contributed by atoms with Crippen molar-refractivity contribution in [3.63, 3.8) is 0 Å². The zero-order valence-electron chi connectivity index (χ0n) is 11.0. The van der Waals surface area contributed by atoms with Crippen LogP contribution in [0, 0.1) is 0 Å². The number of aliphatic carboxylic acids is 2. The molecule has 1 saturated heterocycles. The second-order valence-electron chi connectivity index (χ2n) is 4.54. The van der Waals surface area contributed by atoms with Gasteiger partial charge in [-0.1, -0.05) is 0 Å². The van der Waals surface area contributed by atoms with Gasteiger partial charge >= 0.3 is 18.0 Å². The molecule has 1 rings (SSSR count). The van der Waals surface area contributed by atoms with E-state index in [9.17, 15) is 19.2 Å². The number of carboxylic acid groups (broad SMARTS) is 2. The van der Waals surface area contributed by atoms with Gasteiger partial charge < -0.3 is 25.7 Å². The van der Waals surface area contributed by atoms with Crippen molar-refractivity contribution in [3.05, 3.63) is 0 Å². The molecule has 0 aromatic carbocycles. The number of carbonyl (C=O) groups is 4. The highest BCUT2D eigenvalue weighted by Gasteiger charge is 2.31. The highest BCUT2D eigenvalue weighted by molar-refractivity contribution is 5.90. The van der Waals surface area contributed by atoms with E-state index in [1.54, 1.807) is 7.05 Å². The third-order valence-electron chi connectivity index (χ3n) is 2.98. The molecule has 1 aliphatic heterocycles. The maximum atomic E-state index is 11.6. The lowest BCUT2D eigenvalue weighted by molar-refractivity contribution is -0.140. The molecule has 0 aromatic rings. The summed E-state index contributed by atoms with van der Waals surface area (Å²) in [6.07, 6.45) is -0.144. The molecule has 0 spiro atoms. The van der Waals surface area contributed by atoms with Gasteiger partial charge in [0, 0.05) is 20.0 Å². The van der Waals surface area contributed by atoms with Gasteiger partial charge in [0.05, 0.1) is 0 Å². The second kappa shape index (κ2) is 6.73. The van der Waals surface area contributed by atoms with Gasteiger partial charge in [-0.05, 0) is 12.8 Å². The van der Waals surface area contributed by atoms with Gasteiger partial charge in [0.1, 0.15) is 12.1 Å². The number of hydrogen-bond acceptors (Lipinski definition) is 4. The molecule has 0 radical (unpaired) electrons. The zero-order valence-corrected chi connectivity index (χ0v) is 11.0. The molecule has 2 atom stereocenters. The Bertz CT molecular complexity index is 424. The average Bonchev–Trinajstić information content (AvgIpc) is 2.65. The highest BCUT2D eigenvalue weighted by Crippen LogP contribution is 2.08. The highest BCUT2D eigenvalue weighted by atomic mass is 16.4. The molecule has 0 aliphatic carbocycles. The summed E-state index contributed by atoms with van der Waals surface area (Å²) < 4.78 is 0. The molecule has 0 saturated carbocycles. The maximum Gasteiger partial charge on any atom is 0.326 e. The Kier molecular flexibility index (Phi) is 5.30. The molecular formula is C11H17N3O6. The Labute approximate surface area is 114 Å². The molecule has 112 valence electrons. The number of urea groups is 1. The molecule has 3 amide bonds. The van der Waals surface area contributed by atoms with Crippen molar-refractivity contribution < 1.29 is 29.4 Å². The number of rotatable bonds is 6. The number of carbonyl (C=O) groups excluding carboxylic acids is 2. The van der Waals surface area contributed by atoms with Gasteiger partial charge in [0.15, 0.2) is 0 Å². The van der Waals surface area contributed by atoms with Gasteiger partial charge in [-0.25, -0.2) is 9.59 Å². The second-order valence-corrected chi connectivity index (χ2v) is 4.54. The van der Waals surface area contributed by atoms with Crippen LogP contribution in [0.5, 0.6) is 0 Å². The van der Waals surface area contributed by atoms with Crippen LogP contribution >= 0.6 is 0 Å². The number of likely N-dealkylation sites (N-methyl/N-ethyl adjacent to an activating group) is 1. The van der Waals surface area contributed by atoms with E-state index in [-0.39, 0.29) is 18.7 Å². The minimum atomic E-state index is -1.32. The predicted octanol–water partition coefficient (Wildman–Crippen LogP) is -1.17. The summed E-state index contributed by atoms with van der Waals surface area (Å²) in [7, 11) is 1.61. The summed E-state index contributed by atoms with van der Waals surface area (Å²) >= 11 is 0. The first-order valence-corrected chi connectivity index (χ1v) is 6.08. The van der Waals surface area contributed by atoms with E-state index >= 15 is 0 Å². The standard InChI is InChI=1S/C11H17N3O6/c1-14-5-4-6(9(14)17)12-11(20)13-7(10(18)19)2-3-8(15)16/h6-7H,2-5H2,1H3,(H,15,16)(H,18,19)(H2,12,13,20). The fraction of sp³-hybridized carbons (Fsp3) is 0.636. The van der Waals surface area contributed by atoms with Gasteiger partial charge in [-0.15, -0.1) is 0 Å². The largest absolute Gasteiger partial charge is 0.481 e. The number of hydrogen-bond donors (Lipinski definition) is 4. The summed E-state index contributed by atoms with van der Waals surface area (Å²) in [6.45, 7) is 0.519. The van der Waals surface area contributed by atoms with Gasteiger partial charge in [0.2, 0.25) is 5.91 Å². The smallest absolute Gasteiger partial charge is 0.326 e. The van der Waals surface area contributed by atoms with Gasteiger partial charge in [-0.3, -0.25) is 9.59 Å². The minimum absolute atomic E-state index is 0.226. The van der Waals surface area contributed by atoms with E-state index in [0.717, 1.165) is 0 Å². The van der Waals surface area contributed by atoms with Crippen LogP contribution in [0.4, 0.5) is 4.79 Å². The molecule has 9 heteroatoms. The molecule has 1 fully saturated rings. The molecule has 9 nitrogen and oxygen atoms in total. The van der Waals surface area contributed by atoms with Crippen LogP contribution in [0.2, 0.25) is 0 Å². The van der Waals surface area contributed by atoms with Crippen molar-refractivity contribution in [3.8, 4) is 0 Å². The number of carboxylic acids is 2. The molecular weight excluding hydrogens is 270 g/mol. The fourth-order valence-electron chi connectivity index (χ4n) is 1.84. The van der Waals surface area contributed by atoms with Crippen LogP contribution in [0.15, 0.2) is 0 Å². The molecule has 2 unspecified atom stereocenters. The van der Waals surface area contributed by atoms with Crippen molar-refractivity contribution >= 4 is 23.9 Å². The lowest BCUT2D eigenvalue weighted by atomic mass is 10.1. The topological polar surface area (TPSA) is 136 Å². The monoisotopic (exact) mass is 287 g/mol. The van der Waals surface area contributed by atoms with Crippen LogP contribution in [0.3, 0.4) is 0 Å². The van der Waals surface area contributed by atoms with Crippen LogP contribution in [-0.4, -0.2) is 64.7 Å². The number of likely N-dealkylation sites (tertiary alicyclic amines) is 1. The lowest BCUT2D eigenvalue weighted by Crippen LogP contribution is -2.50. The SMILES string of the molecule is CN1CCC(NC(=O)NC(CCC(=O)O)C(=O)O)C1=O.